The molecule has 1 N–H and O–H groups in total. The zero-order chi connectivity index (χ0) is 22.8. The van der Waals surface area contributed by atoms with Gasteiger partial charge in [0.05, 0.1) is 13.7 Å². The second-order valence-corrected chi connectivity index (χ2v) is 8.29. The van der Waals surface area contributed by atoms with E-state index < -0.39 is 0 Å². The Morgan fingerprint density at radius 2 is 1.75 bits per heavy atom. The number of hydrogen-bond acceptors (Lipinski definition) is 5. The quantitative estimate of drug-likeness (QED) is 0.574. The van der Waals surface area contributed by atoms with Gasteiger partial charge in [-0.05, 0) is 49.2 Å². The van der Waals surface area contributed by atoms with Gasteiger partial charge in [-0.15, -0.1) is 0 Å². The number of methoxy groups -OCH3 is 1. The Kier molecular flexibility index (Phi) is 9.04. The van der Waals surface area contributed by atoms with E-state index in [1.807, 2.05) is 30.3 Å². The highest BCUT2D eigenvalue weighted by Crippen LogP contribution is 2.22. The molecule has 1 aliphatic rings. The third-order valence-electron chi connectivity index (χ3n) is 5.68. The van der Waals surface area contributed by atoms with E-state index in [2.05, 4.69) is 33.3 Å². The first-order chi connectivity index (χ1) is 15.5. The molecular weight excluding hydrogens is 404 g/mol. The fraction of sp³-hybridized carbons (Fsp3) is 0.480. The fourth-order valence-electron chi connectivity index (χ4n) is 3.75. The van der Waals surface area contributed by atoms with E-state index >= 15 is 0 Å². The van der Waals surface area contributed by atoms with Crippen molar-refractivity contribution in [3.8, 4) is 11.5 Å². The molecule has 32 heavy (non-hydrogen) atoms. The van der Waals surface area contributed by atoms with Gasteiger partial charge in [0, 0.05) is 58.6 Å². The van der Waals surface area contributed by atoms with Crippen molar-refractivity contribution in [1.82, 2.24) is 15.1 Å². The molecule has 174 valence electrons. The lowest BCUT2D eigenvalue weighted by atomic mass is 10.2. The summed E-state index contributed by atoms with van der Waals surface area (Å²) in [6, 6.07) is 16.1. The standard InChI is InChI=1S/C25H36N4O3/c1-27(2)25(30)26-20-21-8-6-11-24(18-21)32-17-5-4-12-28-13-15-29(16-14-28)22-9-7-10-23(19-22)31-3/h6-11,18-19H,4-5,12-17,20H2,1-3H3,(H,26,30). The van der Waals surface area contributed by atoms with Gasteiger partial charge < -0.3 is 24.6 Å². The number of rotatable bonds is 10. The van der Waals surface area contributed by atoms with Gasteiger partial charge in [-0.2, -0.15) is 0 Å². The van der Waals surface area contributed by atoms with Gasteiger partial charge in [-0.1, -0.05) is 18.2 Å². The number of urea groups is 1. The summed E-state index contributed by atoms with van der Waals surface area (Å²) in [7, 11) is 5.17. The van der Waals surface area contributed by atoms with Crippen LogP contribution in [0.3, 0.4) is 0 Å². The van der Waals surface area contributed by atoms with Crippen LogP contribution < -0.4 is 19.7 Å². The molecule has 2 aromatic carbocycles. The van der Waals surface area contributed by atoms with Gasteiger partial charge in [-0.3, -0.25) is 4.90 Å². The van der Waals surface area contributed by atoms with Gasteiger partial charge in [0.1, 0.15) is 11.5 Å². The van der Waals surface area contributed by atoms with Crippen molar-refractivity contribution in [2.45, 2.75) is 19.4 Å². The number of ether oxygens (including phenoxy) is 2. The minimum absolute atomic E-state index is 0.0966. The van der Waals surface area contributed by atoms with Crippen LogP contribution in [0.25, 0.3) is 0 Å². The maximum absolute atomic E-state index is 11.7. The average Bonchev–Trinajstić information content (AvgIpc) is 2.83. The first kappa shape index (κ1) is 23.7. The lowest BCUT2D eigenvalue weighted by molar-refractivity contribution is 0.217. The van der Waals surface area contributed by atoms with Crippen LogP contribution in [0, 0.1) is 0 Å². The summed E-state index contributed by atoms with van der Waals surface area (Å²) in [5, 5.41) is 2.87. The molecule has 1 fully saturated rings. The number of nitrogens with zero attached hydrogens (tertiary/aromatic N) is 3. The Bertz CT molecular complexity index is 851. The van der Waals surface area contributed by atoms with E-state index in [1.165, 1.54) is 10.6 Å². The minimum atomic E-state index is -0.0966. The maximum Gasteiger partial charge on any atom is 0.317 e. The number of piperazine rings is 1. The molecule has 7 nitrogen and oxygen atoms in total. The van der Waals surface area contributed by atoms with Crippen LogP contribution in [0.2, 0.25) is 0 Å². The molecule has 0 unspecified atom stereocenters. The molecule has 0 radical (unpaired) electrons. The third kappa shape index (κ3) is 7.34. The van der Waals surface area contributed by atoms with Crippen molar-refractivity contribution in [3.63, 3.8) is 0 Å². The summed E-state index contributed by atoms with van der Waals surface area (Å²) in [5.74, 6) is 1.77. The Labute approximate surface area is 191 Å². The predicted molar refractivity (Wildman–Crippen MR) is 129 cm³/mol. The Morgan fingerprint density at radius 3 is 2.50 bits per heavy atom. The first-order valence-corrected chi connectivity index (χ1v) is 11.3. The summed E-state index contributed by atoms with van der Waals surface area (Å²) in [5.41, 5.74) is 2.27. The molecule has 1 heterocycles. The molecule has 0 aromatic heterocycles. The SMILES string of the molecule is COc1cccc(N2CCN(CCCCOc3cccc(CNC(=O)N(C)C)c3)CC2)c1. The number of hydrogen-bond donors (Lipinski definition) is 1. The monoisotopic (exact) mass is 440 g/mol. The van der Waals surface area contributed by atoms with Gasteiger partial charge in [0.2, 0.25) is 0 Å². The van der Waals surface area contributed by atoms with Crippen LogP contribution in [0.15, 0.2) is 48.5 Å². The van der Waals surface area contributed by atoms with Crippen molar-refractivity contribution in [3.05, 3.63) is 54.1 Å². The number of carbonyl (C=O) groups excluding carboxylic acids is 1. The molecule has 3 rings (SSSR count). The summed E-state index contributed by atoms with van der Waals surface area (Å²) in [6.07, 6.45) is 2.15. The number of amides is 2. The van der Waals surface area contributed by atoms with Gasteiger partial charge in [-0.25, -0.2) is 4.79 Å². The summed E-state index contributed by atoms with van der Waals surface area (Å²) >= 11 is 0. The first-order valence-electron chi connectivity index (χ1n) is 11.3. The molecule has 0 aliphatic carbocycles. The largest absolute Gasteiger partial charge is 0.497 e. The van der Waals surface area contributed by atoms with Crippen LogP contribution in [-0.2, 0) is 6.54 Å². The Hall–Kier alpha value is -2.93. The summed E-state index contributed by atoms with van der Waals surface area (Å²) in [6.45, 7) is 6.55. The molecular formula is C25H36N4O3. The molecule has 2 amide bonds. The zero-order valence-electron chi connectivity index (χ0n) is 19.5. The second-order valence-electron chi connectivity index (χ2n) is 8.29. The van der Waals surface area contributed by atoms with Crippen LogP contribution in [0.5, 0.6) is 11.5 Å². The molecule has 0 saturated carbocycles. The number of carbonyl (C=O) groups is 1. The number of nitrogens with one attached hydrogen (secondary N) is 1. The highest BCUT2D eigenvalue weighted by Gasteiger charge is 2.17. The average molecular weight is 441 g/mol. The number of unbranched alkanes of at least 4 members (excludes halogenated alkanes) is 1. The van der Waals surface area contributed by atoms with E-state index in [0.29, 0.717) is 13.2 Å². The highest BCUT2D eigenvalue weighted by atomic mass is 16.5. The van der Waals surface area contributed by atoms with Crippen molar-refractivity contribution < 1.29 is 14.3 Å². The number of anilines is 1. The minimum Gasteiger partial charge on any atom is -0.497 e. The van der Waals surface area contributed by atoms with Crippen LogP contribution in [-0.4, -0.2) is 76.4 Å². The van der Waals surface area contributed by atoms with Crippen molar-refractivity contribution >= 4 is 11.7 Å². The predicted octanol–water partition coefficient (Wildman–Crippen LogP) is 3.45. The molecule has 7 heteroatoms. The zero-order valence-corrected chi connectivity index (χ0v) is 19.5. The molecule has 0 atom stereocenters. The third-order valence-corrected chi connectivity index (χ3v) is 5.68. The highest BCUT2D eigenvalue weighted by molar-refractivity contribution is 5.73. The maximum atomic E-state index is 11.7. The Morgan fingerprint density at radius 1 is 1.00 bits per heavy atom. The molecule has 2 aromatic rings. The molecule has 1 aliphatic heterocycles. The van der Waals surface area contributed by atoms with Crippen LogP contribution in [0.1, 0.15) is 18.4 Å². The van der Waals surface area contributed by atoms with Crippen molar-refractivity contribution in [2.75, 3.05) is 65.4 Å². The van der Waals surface area contributed by atoms with Crippen LogP contribution >= 0.6 is 0 Å². The van der Waals surface area contributed by atoms with Crippen molar-refractivity contribution in [1.29, 1.82) is 0 Å². The smallest absolute Gasteiger partial charge is 0.317 e. The van der Waals surface area contributed by atoms with Gasteiger partial charge >= 0.3 is 6.03 Å². The van der Waals surface area contributed by atoms with Crippen molar-refractivity contribution in [2.24, 2.45) is 0 Å². The van der Waals surface area contributed by atoms with E-state index in [0.717, 1.165) is 62.6 Å². The number of benzene rings is 2. The lowest BCUT2D eigenvalue weighted by Gasteiger charge is -2.36. The molecule has 1 saturated heterocycles. The van der Waals surface area contributed by atoms with E-state index in [-0.39, 0.29) is 6.03 Å². The molecule has 0 spiro atoms. The fourth-order valence-corrected chi connectivity index (χ4v) is 3.75. The second kappa shape index (κ2) is 12.2. The lowest BCUT2D eigenvalue weighted by Crippen LogP contribution is -2.46. The molecule has 0 bridgehead atoms. The summed E-state index contributed by atoms with van der Waals surface area (Å²) in [4.78, 5) is 18.1. The Balaban J connectivity index is 1.31. The normalized spacial score (nSPS) is 14.2. The summed E-state index contributed by atoms with van der Waals surface area (Å²) < 4.78 is 11.3. The van der Waals surface area contributed by atoms with E-state index in [1.54, 1.807) is 21.2 Å². The van der Waals surface area contributed by atoms with E-state index in [4.69, 9.17) is 9.47 Å². The topological polar surface area (TPSA) is 57.3 Å². The van der Waals surface area contributed by atoms with Crippen LogP contribution in [0.4, 0.5) is 10.5 Å². The van der Waals surface area contributed by atoms with Gasteiger partial charge in [0.25, 0.3) is 0 Å². The van der Waals surface area contributed by atoms with E-state index in [9.17, 15) is 4.79 Å². The van der Waals surface area contributed by atoms with Gasteiger partial charge in [0.15, 0.2) is 0 Å².